The van der Waals surface area contributed by atoms with Gasteiger partial charge in [-0.25, -0.2) is 9.78 Å². The van der Waals surface area contributed by atoms with E-state index in [2.05, 4.69) is 4.98 Å². The number of aliphatic carboxylic acids is 1. The van der Waals surface area contributed by atoms with Gasteiger partial charge in [0.1, 0.15) is 5.82 Å². The van der Waals surface area contributed by atoms with E-state index in [1.807, 2.05) is 0 Å². The van der Waals surface area contributed by atoms with Crippen molar-refractivity contribution in [1.29, 1.82) is 0 Å². The zero-order valence-corrected chi connectivity index (χ0v) is 8.12. The van der Waals surface area contributed by atoms with Gasteiger partial charge in [-0.05, 0) is 12.1 Å². The van der Waals surface area contributed by atoms with Gasteiger partial charge >= 0.3 is 5.97 Å². The summed E-state index contributed by atoms with van der Waals surface area (Å²) in [7, 11) is 1.42. The molecule has 1 atom stereocenters. The number of carboxylic acid groups (broad SMARTS) is 1. The molecule has 1 aromatic heterocycles. The molecule has 0 aliphatic heterocycles. The van der Waals surface area contributed by atoms with E-state index in [4.69, 9.17) is 10.8 Å². The molecule has 0 fully saturated rings. The summed E-state index contributed by atoms with van der Waals surface area (Å²) in [6, 6.07) is 3.42. The van der Waals surface area contributed by atoms with Crippen LogP contribution in [0.2, 0.25) is 0 Å². The highest BCUT2D eigenvalue weighted by atomic mass is 16.4. The minimum Gasteiger partial charge on any atom is -0.480 e. The lowest BCUT2D eigenvalue weighted by atomic mass is 10.3. The lowest BCUT2D eigenvalue weighted by Crippen LogP contribution is -2.47. The Morgan fingerprint density at radius 3 is 2.67 bits per heavy atom. The summed E-state index contributed by atoms with van der Waals surface area (Å²) in [5.74, 6) is -1.71. The number of nitrogens with zero attached hydrogens (tertiary/aromatic N) is 2. The Balaban J connectivity index is 2.82. The fraction of sp³-hybridized carbons (Fsp3) is 0.222. The standard InChI is InChI=1S/C9H11N3O3/c1-12(6-4-2-3-5-11-6)8(13)7(10)9(14)15/h2-5,7H,10H2,1H3,(H,14,15). The van der Waals surface area contributed by atoms with Gasteiger partial charge in [0, 0.05) is 13.2 Å². The number of aromatic nitrogens is 1. The molecule has 0 saturated heterocycles. The van der Waals surface area contributed by atoms with Crippen molar-refractivity contribution in [1.82, 2.24) is 4.98 Å². The van der Waals surface area contributed by atoms with Gasteiger partial charge in [-0.15, -0.1) is 0 Å². The molecule has 1 heterocycles. The molecule has 1 rings (SSSR count). The monoisotopic (exact) mass is 209 g/mol. The summed E-state index contributed by atoms with van der Waals surface area (Å²) in [6.45, 7) is 0. The van der Waals surface area contributed by atoms with Crippen molar-refractivity contribution in [2.24, 2.45) is 5.73 Å². The van der Waals surface area contributed by atoms with Gasteiger partial charge in [-0.2, -0.15) is 0 Å². The molecule has 6 nitrogen and oxygen atoms in total. The molecule has 0 bridgehead atoms. The van der Waals surface area contributed by atoms with Crippen LogP contribution in [0.1, 0.15) is 0 Å². The predicted molar refractivity (Wildman–Crippen MR) is 53.3 cm³/mol. The number of likely N-dealkylation sites (N-methyl/N-ethyl adjacent to an activating group) is 1. The van der Waals surface area contributed by atoms with Gasteiger partial charge in [0.25, 0.3) is 5.91 Å². The normalized spacial score (nSPS) is 11.9. The van der Waals surface area contributed by atoms with Crippen LogP contribution in [0.3, 0.4) is 0 Å². The number of hydrogen-bond acceptors (Lipinski definition) is 4. The Bertz CT molecular complexity index is 366. The summed E-state index contributed by atoms with van der Waals surface area (Å²) >= 11 is 0. The smallest absolute Gasteiger partial charge is 0.330 e. The van der Waals surface area contributed by atoms with Gasteiger partial charge in [-0.1, -0.05) is 6.07 Å². The average Bonchev–Trinajstić information content (AvgIpc) is 2.27. The number of anilines is 1. The number of carbonyl (C=O) groups excluding carboxylic acids is 1. The molecule has 3 N–H and O–H groups in total. The van der Waals surface area contributed by atoms with Crippen LogP contribution in [0.4, 0.5) is 5.82 Å². The van der Waals surface area contributed by atoms with Crippen LogP contribution in [0.25, 0.3) is 0 Å². The maximum absolute atomic E-state index is 11.5. The van der Waals surface area contributed by atoms with Crippen molar-refractivity contribution < 1.29 is 14.7 Å². The van der Waals surface area contributed by atoms with Crippen LogP contribution in [-0.4, -0.2) is 35.1 Å². The molecule has 0 radical (unpaired) electrons. The Hall–Kier alpha value is -1.95. The number of amides is 1. The SMILES string of the molecule is CN(C(=O)C(N)C(=O)O)c1ccccn1. The third-order valence-corrected chi connectivity index (χ3v) is 1.86. The van der Waals surface area contributed by atoms with Crippen LogP contribution in [-0.2, 0) is 9.59 Å². The molecule has 15 heavy (non-hydrogen) atoms. The van der Waals surface area contributed by atoms with E-state index in [1.54, 1.807) is 18.2 Å². The van der Waals surface area contributed by atoms with Gasteiger partial charge < -0.3 is 10.8 Å². The minimum absolute atomic E-state index is 0.360. The maximum Gasteiger partial charge on any atom is 0.330 e. The topological polar surface area (TPSA) is 96.5 Å². The molecule has 1 amide bonds. The molecule has 80 valence electrons. The van der Waals surface area contributed by atoms with Crippen LogP contribution >= 0.6 is 0 Å². The summed E-state index contributed by atoms with van der Waals surface area (Å²) in [5, 5.41) is 8.56. The summed E-state index contributed by atoms with van der Waals surface area (Å²) in [6.07, 6.45) is 1.51. The molecule has 1 unspecified atom stereocenters. The van der Waals surface area contributed by atoms with Gasteiger partial charge in [0.05, 0.1) is 0 Å². The van der Waals surface area contributed by atoms with Crippen molar-refractivity contribution in [3.8, 4) is 0 Å². The Kier molecular flexibility index (Phi) is 3.35. The summed E-state index contributed by atoms with van der Waals surface area (Å²) < 4.78 is 0. The number of carbonyl (C=O) groups is 2. The number of carboxylic acids is 1. The lowest BCUT2D eigenvalue weighted by Gasteiger charge is -2.17. The Labute approximate surface area is 86.3 Å². The predicted octanol–water partition coefficient (Wildman–Crippen LogP) is -0.544. The van der Waals surface area contributed by atoms with Gasteiger partial charge in [-0.3, -0.25) is 9.69 Å². The van der Waals surface area contributed by atoms with E-state index in [1.165, 1.54) is 13.2 Å². The van der Waals surface area contributed by atoms with E-state index >= 15 is 0 Å². The molecular weight excluding hydrogens is 198 g/mol. The summed E-state index contributed by atoms with van der Waals surface area (Å²) in [4.78, 5) is 27.0. The lowest BCUT2D eigenvalue weighted by molar-refractivity contribution is -0.142. The molecule has 1 aromatic rings. The molecule has 0 aliphatic carbocycles. The highest BCUT2D eigenvalue weighted by Crippen LogP contribution is 2.07. The highest BCUT2D eigenvalue weighted by Gasteiger charge is 2.25. The second-order valence-corrected chi connectivity index (χ2v) is 2.90. The molecular formula is C9H11N3O3. The molecule has 6 heteroatoms. The average molecular weight is 209 g/mol. The van der Waals surface area contributed by atoms with Gasteiger partial charge in [0.2, 0.25) is 0 Å². The molecule has 0 spiro atoms. The van der Waals surface area contributed by atoms with Gasteiger partial charge in [0.15, 0.2) is 6.04 Å². The Morgan fingerprint density at radius 2 is 2.20 bits per heavy atom. The van der Waals surface area contributed by atoms with E-state index in [-0.39, 0.29) is 0 Å². The summed E-state index contributed by atoms with van der Waals surface area (Å²) in [5.41, 5.74) is 5.18. The highest BCUT2D eigenvalue weighted by molar-refractivity contribution is 6.08. The first-order chi connectivity index (χ1) is 7.04. The molecule has 0 aromatic carbocycles. The van der Waals surface area contributed by atoms with E-state index < -0.39 is 17.9 Å². The van der Waals surface area contributed by atoms with Crippen LogP contribution in [0, 0.1) is 0 Å². The zero-order chi connectivity index (χ0) is 11.4. The van der Waals surface area contributed by atoms with Crippen LogP contribution in [0.15, 0.2) is 24.4 Å². The zero-order valence-electron chi connectivity index (χ0n) is 8.12. The Morgan fingerprint density at radius 1 is 1.53 bits per heavy atom. The first-order valence-corrected chi connectivity index (χ1v) is 4.21. The van der Waals surface area contributed by atoms with E-state index in [9.17, 15) is 9.59 Å². The number of nitrogens with two attached hydrogens (primary N) is 1. The van der Waals surface area contributed by atoms with E-state index in [0.717, 1.165) is 4.90 Å². The second-order valence-electron chi connectivity index (χ2n) is 2.90. The van der Waals surface area contributed by atoms with Crippen molar-refractivity contribution >= 4 is 17.7 Å². The van der Waals surface area contributed by atoms with Crippen molar-refractivity contribution in [3.63, 3.8) is 0 Å². The largest absolute Gasteiger partial charge is 0.480 e. The van der Waals surface area contributed by atoms with Crippen molar-refractivity contribution in [3.05, 3.63) is 24.4 Å². The van der Waals surface area contributed by atoms with Crippen LogP contribution in [0.5, 0.6) is 0 Å². The maximum atomic E-state index is 11.5. The fourth-order valence-electron chi connectivity index (χ4n) is 0.979. The first kappa shape index (κ1) is 11.1. The third kappa shape index (κ3) is 2.50. The van der Waals surface area contributed by atoms with Crippen molar-refractivity contribution in [2.75, 3.05) is 11.9 Å². The van der Waals surface area contributed by atoms with E-state index in [0.29, 0.717) is 5.82 Å². The number of pyridine rings is 1. The number of hydrogen-bond donors (Lipinski definition) is 2. The van der Waals surface area contributed by atoms with Crippen LogP contribution < -0.4 is 10.6 Å². The third-order valence-electron chi connectivity index (χ3n) is 1.86. The quantitative estimate of drug-likeness (QED) is 0.651. The molecule has 0 aliphatic rings. The minimum atomic E-state index is -1.56. The second kappa shape index (κ2) is 4.52. The first-order valence-electron chi connectivity index (χ1n) is 4.21. The molecule has 0 saturated carbocycles. The number of rotatable bonds is 3. The fourth-order valence-corrected chi connectivity index (χ4v) is 0.979. The van der Waals surface area contributed by atoms with Crippen molar-refractivity contribution in [2.45, 2.75) is 6.04 Å².